The highest BCUT2D eigenvalue weighted by atomic mass is 35.5. The van der Waals surface area contributed by atoms with Gasteiger partial charge in [0.2, 0.25) is 0 Å². The summed E-state index contributed by atoms with van der Waals surface area (Å²) < 4.78 is 0. The Hall–Kier alpha value is -0.240. The molecule has 1 nitrogen and oxygen atoms in total. The Bertz CT molecular complexity index is 281. The molecule has 0 unspecified atom stereocenters. The molecule has 0 radical (unpaired) electrons. The summed E-state index contributed by atoms with van der Waals surface area (Å²) in [6.45, 7) is 1.01. The van der Waals surface area contributed by atoms with Crippen molar-refractivity contribution in [3.63, 3.8) is 0 Å². The van der Waals surface area contributed by atoms with Crippen LogP contribution in [-0.2, 0) is 0 Å². The molecule has 1 fully saturated rings. The van der Waals surface area contributed by atoms with Crippen molar-refractivity contribution in [2.75, 3.05) is 6.54 Å². The van der Waals surface area contributed by atoms with Gasteiger partial charge in [0.05, 0.1) is 10.0 Å². The molecule has 1 aromatic carbocycles. The molecule has 0 spiro atoms. The van der Waals surface area contributed by atoms with E-state index in [0.29, 0.717) is 16.1 Å². The Morgan fingerprint density at radius 1 is 1.36 bits per heavy atom. The van der Waals surface area contributed by atoms with Gasteiger partial charge in [0.15, 0.2) is 0 Å². The summed E-state index contributed by atoms with van der Waals surface area (Å²) in [6, 6.07) is 6.15. The van der Waals surface area contributed by atoms with Crippen LogP contribution in [0.2, 0.25) is 10.0 Å². The molecule has 1 aliphatic rings. The van der Waals surface area contributed by atoms with Gasteiger partial charge in [-0.1, -0.05) is 35.3 Å². The van der Waals surface area contributed by atoms with Crippen LogP contribution < -0.4 is 5.32 Å². The van der Waals surface area contributed by atoms with Crippen molar-refractivity contribution < 1.29 is 0 Å². The summed E-state index contributed by atoms with van der Waals surface area (Å²) in [5.41, 5.74) is 1.11. The Kier molecular flexibility index (Phi) is 1.80. The lowest BCUT2D eigenvalue weighted by Crippen LogP contribution is -1.85. The van der Waals surface area contributed by atoms with Crippen LogP contribution in [0.15, 0.2) is 18.2 Å². The Morgan fingerprint density at radius 2 is 2.09 bits per heavy atom. The lowest BCUT2D eigenvalue weighted by atomic mass is 10.2. The van der Waals surface area contributed by atoms with Gasteiger partial charge >= 0.3 is 0 Å². The lowest BCUT2D eigenvalue weighted by molar-refractivity contribution is 1.08. The zero-order chi connectivity index (χ0) is 7.84. The predicted octanol–water partition coefficient (Wildman–Crippen LogP) is 2.64. The maximum Gasteiger partial charge on any atom is 0.0640 e. The summed E-state index contributed by atoms with van der Waals surface area (Å²) in [5.74, 6) is 0. The fourth-order valence-corrected chi connectivity index (χ4v) is 1.51. The molecular formula is C8H7Cl2N. The molecular weight excluding hydrogens is 181 g/mol. The molecule has 0 aliphatic carbocycles. The van der Waals surface area contributed by atoms with Gasteiger partial charge in [0.25, 0.3) is 0 Å². The van der Waals surface area contributed by atoms with E-state index in [2.05, 4.69) is 5.32 Å². The molecule has 0 bridgehead atoms. The smallest absolute Gasteiger partial charge is 0.0640 e. The first-order valence-electron chi connectivity index (χ1n) is 3.46. The molecule has 0 aromatic heterocycles. The van der Waals surface area contributed by atoms with Crippen LogP contribution >= 0.6 is 23.2 Å². The Labute approximate surface area is 75.3 Å². The van der Waals surface area contributed by atoms with Gasteiger partial charge in [-0.05, 0) is 11.6 Å². The first-order chi connectivity index (χ1) is 5.29. The number of halogens is 2. The van der Waals surface area contributed by atoms with Crippen LogP contribution in [0.25, 0.3) is 0 Å². The zero-order valence-electron chi connectivity index (χ0n) is 5.77. The van der Waals surface area contributed by atoms with Crippen molar-refractivity contribution >= 4 is 23.2 Å². The van der Waals surface area contributed by atoms with Crippen molar-refractivity contribution in [1.82, 2.24) is 5.32 Å². The third-order valence-electron chi connectivity index (χ3n) is 1.77. The normalized spacial score (nSPS) is 21.8. The van der Waals surface area contributed by atoms with Crippen molar-refractivity contribution in [1.29, 1.82) is 0 Å². The van der Waals surface area contributed by atoms with E-state index in [4.69, 9.17) is 23.2 Å². The molecule has 1 saturated heterocycles. The standard InChI is InChI=1S/C8H7Cl2N/c9-6-3-1-2-5(8(6)10)7-4-11-7/h1-3,7,11H,4H2/t7-/m1/s1. The average Bonchev–Trinajstić information content (AvgIpc) is 2.77. The third kappa shape index (κ3) is 1.36. The van der Waals surface area contributed by atoms with Crippen LogP contribution in [0, 0.1) is 0 Å². The van der Waals surface area contributed by atoms with Gasteiger partial charge in [-0.25, -0.2) is 0 Å². The van der Waals surface area contributed by atoms with E-state index in [1.807, 2.05) is 12.1 Å². The summed E-state index contributed by atoms with van der Waals surface area (Å²) in [4.78, 5) is 0. The SMILES string of the molecule is Clc1cccc([C@H]2CN2)c1Cl. The fourth-order valence-electron chi connectivity index (χ4n) is 1.07. The maximum atomic E-state index is 5.96. The van der Waals surface area contributed by atoms with Gasteiger partial charge in [-0.3, -0.25) is 0 Å². The minimum absolute atomic E-state index is 0.432. The molecule has 0 saturated carbocycles. The third-order valence-corrected chi connectivity index (χ3v) is 2.60. The zero-order valence-corrected chi connectivity index (χ0v) is 7.28. The van der Waals surface area contributed by atoms with E-state index in [9.17, 15) is 0 Å². The van der Waals surface area contributed by atoms with Crippen LogP contribution in [0.1, 0.15) is 11.6 Å². The van der Waals surface area contributed by atoms with Crippen molar-refractivity contribution in [2.45, 2.75) is 6.04 Å². The maximum absolute atomic E-state index is 5.96. The summed E-state index contributed by atoms with van der Waals surface area (Å²) in [7, 11) is 0. The largest absolute Gasteiger partial charge is 0.307 e. The van der Waals surface area contributed by atoms with E-state index in [1.165, 1.54) is 0 Å². The predicted molar refractivity (Wildman–Crippen MR) is 47.2 cm³/mol. The highest BCUT2D eigenvalue weighted by Gasteiger charge is 2.24. The quantitative estimate of drug-likeness (QED) is 0.672. The van der Waals surface area contributed by atoms with E-state index < -0.39 is 0 Å². The van der Waals surface area contributed by atoms with Crippen molar-refractivity contribution in [3.05, 3.63) is 33.8 Å². The molecule has 1 atom stereocenters. The molecule has 58 valence electrons. The molecule has 11 heavy (non-hydrogen) atoms. The Morgan fingerprint density at radius 3 is 2.73 bits per heavy atom. The number of benzene rings is 1. The second kappa shape index (κ2) is 2.67. The van der Waals surface area contributed by atoms with Crippen LogP contribution in [0.4, 0.5) is 0 Å². The minimum atomic E-state index is 0.432. The van der Waals surface area contributed by atoms with Crippen molar-refractivity contribution in [3.8, 4) is 0 Å². The summed E-state index contributed by atoms with van der Waals surface area (Å²) in [6.07, 6.45) is 0. The number of nitrogens with one attached hydrogen (secondary N) is 1. The van der Waals surface area contributed by atoms with E-state index in [-0.39, 0.29) is 0 Å². The first kappa shape index (κ1) is 7.41. The van der Waals surface area contributed by atoms with E-state index in [0.717, 1.165) is 12.1 Å². The average molecular weight is 188 g/mol. The minimum Gasteiger partial charge on any atom is -0.307 e. The molecule has 0 amide bonds. The summed E-state index contributed by atoms with van der Waals surface area (Å²) in [5, 5.41) is 4.50. The topological polar surface area (TPSA) is 21.9 Å². The van der Waals surface area contributed by atoms with Crippen molar-refractivity contribution in [2.24, 2.45) is 0 Å². The first-order valence-corrected chi connectivity index (χ1v) is 4.22. The molecule has 2 rings (SSSR count). The monoisotopic (exact) mass is 187 g/mol. The van der Waals surface area contributed by atoms with Crippen LogP contribution in [0.5, 0.6) is 0 Å². The molecule has 1 N–H and O–H groups in total. The van der Waals surface area contributed by atoms with Gasteiger partial charge < -0.3 is 5.32 Å². The van der Waals surface area contributed by atoms with Gasteiger partial charge in [0, 0.05) is 12.6 Å². The highest BCUT2D eigenvalue weighted by Crippen LogP contribution is 2.33. The molecule has 1 aliphatic heterocycles. The highest BCUT2D eigenvalue weighted by molar-refractivity contribution is 6.42. The second-order valence-corrected chi connectivity index (χ2v) is 3.39. The number of rotatable bonds is 1. The van der Waals surface area contributed by atoms with E-state index in [1.54, 1.807) is 6.07 Å². The van der Waals surface area contributed by atoms with Gasteiger partial charge in [-0.15, -0.1) is 0 Å². The Balaban J connectivity index is 2.45. The molecule has 1 aromatic rings. The fraction of sp³-hybridized carbons (Fsp3) is 0.250. The van der Waals surface area contributed by atoms with Crippen LogP contribution in [0.3, 0.4) is 0 Å². The van der Waals surface area contributed by atoms with E-state index >= 15 is 0 Å². The second-order valence-electron chi connectivity index (χ2n) is 2.60. The lowest BCUT2D eigenvalue weighted by Gasteiger charge is -2.01. The molecule has 1 heterocycles. The summed E-state index contributed by atoms with van der Waals surface area (Å²) >= 11 is 11.8. The molecule has 3 heteroatoms. The van der Waals surface area contributed by atoms with Crippen LogP contribution in [-0.4, -0.2) is 6.54 Å². The van der Waals surface area contributed by atoms with Gasteiger partial charge in [0.1, 0.15) is 0 Å². The number of hydrogen-bond donors (Lipinski definition) is 1. The van der Waals surface area contributed by atoms with Gasteiger partial charge in [-0.2, -0.15) is 0 Å². The number of hydrogen-bond acceptors (Lipinski definition) is 1.